The first-order valence-electron chi connectivity index (χ1n) is 7.42. The van der Waals surface area contributed by atoms with E-state index in [0.717, 1.165) is 24.7 Å². The maximum absolute atomic E-state index is 10.6. The standard InChI is InChI=1S/C14H19N5O2/c20-14(21)6-4-5-11-15-16-12-7-8-13(17-19(11)12)18-9-2-1-3-10-18/h7-8H,1-6,9-10H2,(H,20,21). The number of rotatable bonds is 5. The fourth-order valence-corrected chi connectivity index (χ4v) is 2.67. The summed E-state index contributed by atoms with van der Waals surface area (Å²) in [7, 11) is 0. The summed E-state index contributed by atoms with van der Waals surface area (Å²) >= 11 is 0. The number of carboxylic acid groups (broad SMARTS) is 1. The van der Waals surface area contributed by atoms with Crippen molar-refractivity contribution >= 4 is 17.4 Å². The molecule has 0 radical (unpaired) electrons. The molecular formula is C14H19N5O2. The number of hydrogen-bond donors (Lipinski definition) is 1. The van der Waals surface area contributed by atoms with Gasteiger partial charge < -0.3 is 10.0 Å². The summed E-state index contributed by atoms with van der Waals surface area (Å²) in [6, 6.07) is 3.90. The molecule has 2 aromatic heterocycles. The average molecular weight is 289 g/mol. The molecule has 0 saturated carbocycles. The van der Waals surface area contributed by atoms with Gasteiger partial charge in [-0.2, -0.15) is 4.52 Å². The number of nitrogens with zero attached hydrogens (tertiary/aromatic N) is 5. The van der Waals surface area contributed by atoms with Crippen molar-refractivity contribution in [1.29, 1.82) is 0 Å². The summed E-state index contributed by atoms with van der Waals surface area (Å²) in [5.74, 6) is 0.886. The second-order valence-corrected chi connectivity index (χ2v) is 5.37. The zero-order valence-corrected chi connectivity index (χ0v) is 11.9. The molecular weight excluding hydrogens is 270 g/mol. The Kier molecular flexibility index (Phi) is 3.98. The SMILES string of the molecule is O=C(O)CCCc1nnc2ccc(N3CCCCC3)nn12. The predicted octanol–water partition coefficient (Wildman–Crippen LogP) is 1.52. The molecule has 1 N–H and O–H groups in total. The second-order valence-electron chi connectivity index (χ2n) is 5.37. The quantitative estimate of drug-likeness (QED) is 0.898. The van der Waals surface area contributed by atoms with Gasteiger partial charge in [0.2, 0.25) is 0 Å². The van der Waals surface area contributed by atoms with Crippen LogP contribution in [0.25, 0.3) is 5.65 Å². The third-order valence-corrected chi connectivity index (χ3v) is 3.78. The van der Waals surface area contributed by atoms with Gasteiger partial charge in [-0.15, -0.1) is 15.3 Å². The van der Waals surface area contributed by atoms with Crippen LogP contribution in [-0.4, -0.2) is 44.0 Å². The Morgan fingerprint density at radius 1 is 1.19 bits per heavy atom. The maximum atomic E-state index is 10.6. The molecule has 21 heavy (non-hydrogen) atoms. The number of carboxylic acids is 1. The summed E-state index contributed by atoms with van der Waals surface area (Å²) in [5.41, 5.74) is 0.709. The predicted molar refractivity (Wildman–Crippen MR) is 77.4 cm³/mol. The van der Waals surface area contributed by atoms with Crippen LogP contribution in [0.15, 0.2) is 12.1 Å². The molecule has 0 aliphatic carbocycles. The fourth-order valence-electron chi connectivity index (χ4n) is 2.67. The van der Waals surface area contributed by atoms with E-state index in [1.165, 1.54) is 19.3 Å². The van der Waals surface area contributed by atoms with Crippen LogP contribution in [0.2, 0.25) is 0 Å². The Bertz CT molecular complexity index is 633. The minimum atomic E-state index is -0.786. The Balaban J connectivity index is 1.79. The van der Waals surface area contributed by atoms with Crippen LogP contribution in [0.4, 0.5) is 5.82 Å². The van der Waals surface area contributed by atoms with Crippen LogP contribution < -0.4 is 4.90 Å². The van der Waals surface area contributed by atoms with E-state index in [-0.39, 0.29) is 6.42 Å². The van der Waals surface area contributed by atoms with E-state index >= 15 is 0 Å². The largest absolute Gasteiger partial charge is 0.481 e. The van der Waals surface area contributed by atoms with Crippen LogP contribution in [0.3, 0.4) is 0 Å². The molecule has 1 saturated heterocycles. The molecule has 0 aromatic carbocycles. The van der Waals surface area contributed by atoms with E-state index < -0.39 is 5.97 Å². The summed E-state index contributed by atoms with van der Waals surface area (Å²) in [5, 5.41) is 21.5. The van der Waals surface area contributed by atoms with Crippen molar-refractivity contribution in [2.45, 2.75) is 38.5 Å². The molecule has 1 fully saturated rings. The van der Waals surface area contributed by atoms with E-state index in [1.54, 1.807) is 4.52 Å². The molecule has 2 aromatic rings. The van der Waals surface area contributed by atoms with Crippen LogP contribution in [0.1, 0.15) is 37.9 Å². The molecule has 1 aliphatic heterocycles. The van der Waals surface area contributed by atoms with Gasteiger partial charge in [-0.1, -0.05) is 0 Å². The normalized spacial score (nSPS) is 15.5. The van der Waals surface area contributed by atoms with Gasteiger partial charge in [0, 0.05) is 25.9 Å². The summed E-state index contributed by atoms with van der Waals surface area (Å²) in [6.45, 7) is 2.07. The number of hydrogen-bond acceptors (Lipinski definition) is 5. The third kappa shape index (κ3) is 3.12. The highest BCUT2D eigenvalue weighted by atomic mass is 16.4. The number of piperidine rings is 1. The van der Waals surface area contributed by atoms with Crippen LogP contribution in [0, 0.1) is 0 Å². The van der Waals surface area contributed by atoms with Gasteiger partial charge in [0.1, 0.15) is 5.82 Å². The van der Waals surface area contributed by atoms with E-state index in [1.807, 2.05) is 12.1 Å². The number of fused-ring (bicyclic) bond motifs is 1. The molecule has 0 atom stereocenters. The van der Waals surface area contributed by atoms with Gasteiger partial charge in [0.15, 0.2) is 11.5 Å². The lowest BCUT2D eigenvalue weighted by atomic mass is 10.1. The smallest absolute Gasteiger partial charge is 0.303 e. The Hall–Kier alpha value is -2.18. The van der Waals surface area contributed by atoms with Crippen molar-refractivity contribution < 1.29 is 9.90 Å². The lowest BCUT2D eigenvalue weighted by molar-refractivity contribution is -0.137. The summed E-state index contributed by atoms with van der Waals surface area (Å²) in [6.07, 6.45) is 4.95. The monoisotopic (exact) mass is 289 g/mol. The van der Waals surface area contributed by atoms with Gasteiger partial charge in [-0.3, -0.25) is 4.79 Å². The molecule has 0 spiro atoms. The van der Waals surface area contributed by atoms with E-state index in [4.69, 9.17) is 5.11 Å². The van der Waals surface area contributed by atoms with E-state index in [9.17, 15) is 4.79 Å². The molecule has 3 rings (SSSR count). The molecule has 7 nitrogen and oxygen atoms in total. The molecule has 7 heteroatoms. The van der Waals surface area contributed by atoms with Crippen LogP contribution in [0.5, 0.6) is 0 Å². The highest BCUT2D eigenvalue weighted by molar-refractivity contribution is 5.66. The first kappa shape index (κ1) is 13.8. The fraction of sp³-hybridized carbons (Fsp3) is 0.571. The lowest BCUT2D eigenvalue weighted by Gasteiger charge is -2.27. The topological polar surface area (TPSA) is 83.6 Å². The molecule has 3 heterocycles. The molecule has 0 unspecified atom stereocenters. The Morgan fingerprint density at radius 3 is 2.76 bits per heavy atom. The Morgan fingerprint density at radius 2 is 2.00 bits per heavy atom. The molecule has 0 amide bonds. The van der Waals surface area contributed by atoms with Gasteiger partial charge in [0.25, 0.3) is 0 Å². The van der Waals surface area contributed by atoms with E-state index in [2.05, 4.69) is 20.2 Å². The van der Waals surface area contributed by atoms with E-state index in [0.29, 0.717) is 18.5 Å². The number of aryl methyl sites for hydroxylation is 1. The first-order valence-corrected chi connectivity index (χ1v) is 7.42. The van der Waals surface area contributed by atoms with Gasteiger partial charge >= 0.3 is 5.97 Å². The van der Waals surface area contributed by atoms with Crippen molar-refractivity contribution in [3.8, 4) is 0 Å². The summed E-state index contributed by atoms with van der Waals surface area (Å²) in [4.78, 5) is 12.9. The zero-order chi connectivity index (χ0) is 14.7. The minimum absolute atomic E-state index is 0.140. The van der Waals surface area contributed by atoms with Gasteiger partial charge in [-0.25, -0.2) is 0 Å². The zero-order valence-electron chi connectivity index (χ0n) is 11.9. The molecule has 1 aliphatic rings. The number of anilines is 1. The van der Waals surface area contributed by atoms with Crippen LogP contribution >= 0.6 is 0 Å². The summed E-state index contributed by atoms with van der Waals surface area (Å²) < 4.78 is 1.74. The van der Waals surface area contributed by atoms with Crippen LogP contribution in [-0.2, 0) is 11.2 Å². The van der Waals surface area contributed by atoms with Crippen molar-refractivity contribution in [1.82, 2.24) is 19.8 Å². The lowest BCUT2D eigenvalue weighted by Crippen LogP contribution is -2.30. The number of carbonyl (C=O) groups is 1. The third-order valence-electron chi connectivity index (χ3n) is 3.78. The minimum Gasteiger partial charge on any atom is -0.481 e. The molecule has 112 valence electrons. The highest BCUT2D eigenvalue weighted by Crippen LogP contribution is 2.18. The Labute approximate surface area is 122 Å². The first-order chi connectivity index (χ1) is 10.2. The van der Waals surface area contributed by atoms with Crippen molar-refractivity contribution in [3.63, 3.8) is 0 Å². The van der Waals surface area contributed by atoms with Gasteiger partial charge in [-0.05, 0) is 37.8 Å². The van der Waals surface area contributed by atoms with Crippen molar-refractivity contribution in [3.05, 3.63) is 18.0 Å². The van der Waals surface area contributed by atoms with Crippen molar-refractivity contribution in [2.75, 3.05) is 18.0 Å². The average Bonchev–Trinajstić information content (AvgIpc) is 2.90. The van der Waals surface area contributed by atoms with Gasteiger partial charge in [0.05, 0.1) is 0 Å². The second kappa shape index (κ2) is 6.07. The van der Waals surface area contributed by atoms with Crippen molar-refractivity contribution in [2.24, 2.45) is 0 Å². The number of aromatic nitrogens is 4. The maximum Gasteiger partial charge on any atom is 0.303 e. The molecule has 0 bridgehead atoms. The highest BCUT2D eigenvalue weighted by Gasteiger charge is 2.14. The number of aliphatic carboxylic acids is 1.